The summed E-state index contributed by atoms with van der Waals surface area (Å²) in [7, 11) is 0. The van der Waals surface area contributed by atoms with Crippen LogP contribution in [-0.2, 0) is 5.41 Å². The summed E-state index contributed by atoms with van der Waals surface area (Å²) in [5.41, 5.74) is 8.74. The number of aromatic carboxylic acids is 1. The molecule has 1 aromatic heterocycles. The minimum atomic E-state index is -0.873. The molecule has 1 aromatic carbocycles. The van der Waals surface area contributed by atoms with Crippen molar-refractivity contribution < 1.29 is 9.90 Å². The Hall–Kier alpha value is -1.94. The maximum Gasteiger partial charge on any atom is 0.336 e. The van der Waals surface area contributed by atoms with Crippen LogP contribution in [0.5, 0.6) is 0 Å². The summed E-state index contributed by atoms with van der Waals surface area (Å²) in [6, 6.07) is 9.40. The van der Waals surface area contributed by atoms with Crippen molar-refractivity contribution in [2.75, 3.05) is 0 Å². The zero-order chi connectivity index (χ0) is 16.5. The van der Waals surface area contributed by atoms with E-state index in [9.17, 15) is 9.90 Å². The van der Waals surface area contributed by atoms with Gasteiger partial charge in [0, 0.05) is 22.0 Å². The molecule has 4 heteroatoms. The van der Waals surface area contributed by atoms with Crippen LogP contribution >= 0.6 is 0 Å². The molecule has 124 valence electrons. The fraction of sp³-hybridized carbons (Fsp3) is 0.500. The van der Waals surface area contributed by atoms with Crippen LogP contribution in [0.3, 0.4) is 0 Å². The first-order valence-electron chi connectivity index (χ1n) is 8.89. The first-order valence-corrected chi connectivity index (χ1v) is 8.89. The van der Waals surface area contributed by atoms with Crippen LogP contribution in [0, 0.1) is 11.8 Å². The molecule has 0 saturated heterocycles. The van der Waals surface area contributed by atoms with Crippen molar-refractivity contribution >= 4 is 16.9 Å². The van der Waals surface area contributed by atoms with Crippen LogP contribution in [0.2, 0.25) is 0 Å². The molecule has 3 N–H and O–H groups in total. The van der Waals surface area contributed by atoms with E-state index in [0.717, 1.165) is 48.7 Å². The number of benzene rings is 1. The predicted octanol–water partition coefficient (Wildman–Crippen LogP) is 3.48. The molecule has 4 aliphatic rings. The van der Waals surface area contributed by atoms with Gasteiger partial charge in [-0.05, 0) is 62.5 Å². The first kappa shape index (κ1) is 14.4. The molecule has 4 nitrogen and oxygen atoms in total. The molecule has 0 unspecified atom stereocenters. The van der Waals surface area contributed by atoms with E-state index < -0.39 is 5.97 Å². The lowest BCUT2D eigenvalue weighted by atomic mass is 9.46. The number of carboxylic acids is 1. The highest BCUT2D eigenvalue weighted by Gasteiger charge is 2.57. The predicted molar refractivity (Wildman–Crippen MR) is 92.0 cm³/mol. The Labute approximate surface area is 141 Å². The zero-order valence-corrected chi connectivity index (χ0v) is 13.7. The number of hydrogen-bond acceptors (Lipinski definition) is 3. The Morgan fingerprint density at radius 1 is 1.17 bits per heavy atom. The van der Waals surface area contributed by atoms with Crippen molar-refractivity contribution in [1.82, 2.24) is 4.98 Å². The number of pyridine rings is 1. The van der Waals surface area contributed by atoms with E-state index in [4.69, 9.17) is 10.7 Å². The second-order valence-corrected chi connectivity index (χ2v) is 8.48. The van der Waals surface area contributed by atoms with Crippen LogP contribution in [0.25, 0.3) is 10.9 Å². The number of aromatic nitrogens is 1. The summed E-state index contributed by atoms with van der Waals surface area (Å²) in [4.78, 5) is 16.7. The molecule has 24 heavy (non-hydrogen) atoms. The maximum atomic E-state index is 11.8. The topological polar surface area (TPSA) is 76.2 Å². The van der Waals surface area contributed by atoms with Gasteiger partial charge in [0.25, 0.3) is 0 Å². The third-order valence-corrected chi connectivity index (χ3v) is 6.60. The van der Waals surface area contributed by atoms with E-state index in [1.54, 1.807) is 0 Å². The summed E-state index contributed by atoms with van der Waals surface area (Å²) in [5, 5.41) is 10.4. The zero-order valence-electron chi connectivity index (χ0n) is 13.7. The quantitative estimate of drug-likeness (QED) is 0.887. The van der Waals surface area contributed by atoms with Crippen molar-refractivity contribution in [1.29, 1.82) is 0 Å². The Balaban J connectivity index is 1.71. The molecule has 4 saturated carbocycles. The summed E-state index contributed by atoms with van der Waals surface area (Å²) < 4.78 is 0. The van der Waals surface area contributed by atoms with Gasteiger partial charge in [-0.3, -0.25) is 4.98 Å². The Kier molecular flexibility index (Phi) is 2.74. The highest BCUT2D eigenvalue weighted by Crippen LogP contribution is 2.61. The number of fused-ring (bicyclic) bond motifs is 1. The van der Waals surface area contributed by atoms with Crippen LogP contribution in [0.1, 0.15) is 54.6 Å². The van der Waals surface area contributed by atoms with Gasteiger partial charge in [-0.2, -0.15) is 0 Å². The van der Waals surface area contributed by atoms with E-state index in [1.165, 1.54) is 6.42 Å². The lowest BCUT2D eigenvalue weighted by Gasteiger charge is -2.60. The van der Waals surface area contributed by atoms with Gasteiger partial charge < -0.3 is 10.8 Å². The Morgan fingerprint density at radius 2 is 1.88 bits per heavy atom. The van der Waals surface area contributed by atoms with Crippen molar-refractivity contribution in [2.45, 2.75) is 49.5 Å². The molecule has 0 amide bonds. The average molecular weight is 322 g/mol. The van der Waals surface area contributed by atoms with Gasteiger partial charge in [0.1, 0.15) is 0 Å². The van der Waals surface area contributed by atoms with E-state index in [0.29, 0.717) is 17.4 Å². The number of nitrogens with two attached hydrogens (primary N) is 1. The van der Waals surface area contributed by atoms with Gasteiger partial charge in [-0.1, -0.05) is 18.2 Å². The molecule has 0 spiro atoms. The summed E-state index contributed by atoms with van der Waals surface area (Å²) >= 11 is 0. The third-order valence-electron chi connectivity index (χ3n) is 6.60. The van der Waals surface area contributed by atoms with Gasteiger partial charge in [0.05, 0.1) is 11.1 Å². The van der Waals surface area contributed by atoms with Gasteiger partial charge in [0.2, 0.25) is 0 Å². The van der Waals surface area contributed by atoms with E-state index >= 15 is 0 Å². The standard InChI is InChI=1S/C20H22N2O2/c21-20-9-12-5-13(10-20)8-19(7-12,11-20)17-6-15(18(23)24)14-3-1-2-4-16(14)22-17/h1-4,6,12-13H,5,7-11,21H2,(H,23,24)/t12-,13-,19?,20?/m0/s1. The second kappa shape index (κ2) is 4.57. The van der Waals surface area contributed by atoms with Gasteiger partial charge in [0.15, 0.2) is 0 Å². The number of para-hydroxylation sites is 1. The molecule has 6 rings (SSSR count). The van der Waals surface area contributed by atoms with Crippen molar-refractivity contribution in [3.05, 3.63) is 41.6 Å². The summed E-state index contributed by atoms with van der Waals surface area (Å²) in [5.74, 6) is 0.484. The van der Waals surface area contributed by atoms with Crippen LogP contribution in [0.4, 0.5) is 0 Å². The summed E-state index contributed by atoms with van der Waals surface area (Å²) in [6.07, 6.45) is 6.74. The van der Waals surface area contributed by atoms with Crippen LogP contribution < -0.4 is 5.73 Å². The Bertz CT molecular complexity index is 846. The highest BCUT2D eigenvalue weighted by atomic mass is 16.4. The number of nitrogens with zero attached hydrogens (tertiary/aromatic N) is 1. The largest absolute Gasteiger partial charge is 0.478 e. The monoisotopic (exact) mass is 322 g/mol. The molecule has 4 fully saturated rings. The molecule has 4 aliphatic carbocycles. The third kappa shape index (κ3) is 1.95. The first-order chi connectivity index (χ1) is 11.5. The lowest BCUT2D eigenvalue weighted by molar-refractivity contribution is -0.0244. The second-order valence-electron chi connectivity index (χ2n) is 8.48. The van der Waals surface area contributed by atoms with Crippen LogP contribution in [-0.4, -0.2) is 21.6 Å². The molecular formula is C20H22N2O2. The van der Waals surface area contributed by atoms with Gasteiger partial charge >= 0.3 is 5.97 Å². The van der Waals surface area contributed by atoms with Gasteiger partial charge in [-0.15, -0.1) is 0 Å². The fourth-order valence-electron chi connectivity index (χ4n) is 6.26. The molecule has 1 heterocycles. The fourth-order valence-corrected chi connectivity index (χ4v) is 6.26. The van der Waals surface area contributed by atoms with Gasteiger partial charge in [-0.25, -0.2) is 4.79 Å². The normalized spacial score (nSPS) is 37.0. The van der Waals surface area contributed by atoms with Crippen molar-refractivity contribution in [3.63, 3.8) is 0 Å². The van der Waals surface area contributed by atoms with Crippen LogP contribution in [0.15, 0.2) is 30.3 Å². The molecule has 0 radical (unpaired) electrons. The van der Waals surface area contributed by atoms with E-state index in [-0.39, 0.29) is 11.0 Å². The minimum absolute atomic E-state index is 0.0208. The number of carboxylic acid groups (broad SMARTS) is 1. The number of carbonyl (C=O) groups is 1. The summed E-state index contributed by atoms with van der Waals surface area (Å²) in [6.45, 7) is 0. The lowest BCUT2D eigenvalue weighted by Crippen LogP contribution is -2.61. The maximum absolute atomic E-state index is 11.8. The van der Waals surface area contributed by atoms with Crippen molar-refractivity contribution in [3.8, 4) is 0 Å². The molecule has 0 aliphatic heterocycles. The smallest absolute Gasteiger partial charge is 0.336 e. The molecule has 2 aromatic rings. The number of hydrogen-bond donors (Lipinski definition) is 2. The highest BCUT2D eigenvalue weighted by molar-refractivity contribution is 6.02. The SMILES string of the molecule is NC12C[C@H]3C[C@H](C1)CC(c1cc(C(=O)O)c4ccccc4n1)(C3)C2. The van der Waals surface area contributed by atoms with E-state index in [2.05, 4.69) is 0 Å². The van der Waals surface area contributed by atoms with E-state index in [1.807, 2.05) is 30.3 Å². The Morgan fingerprint density at radius 3 is 2.54 bits per heavy atom. The molecule has 2 atom stereocenters. The minimum Gasteiger partial charge on any atom is -0.478 e. The number of rotatable bonds is 2. The van der Waals surface area contributed by atoms with Crippen molar-refractivity contribution in [2.24, 2.45) is 17.6 Å². The average Bonchev–Trinajstić information content (AvgIpc) is 2.51. The molecule has 4 bridgehead atoms. The molecular weight excluding hydrogens is 300 g/mol.